The van der Waals surface area contributed by atoms with Crippen LogP contribution in [0.15, 0.2) is 29.3 Å². The molecule has 0 radical (unpaired) electrons. The van der Waals surface area contributed by atoms with E-state index in [4.69, 9.17) is 11.6 Å². The van der Waals surface area contributed by atoms with Gasteiger partial charge < -0.3 is 15.5 Å². The molecular weight excluding hydrogens is 532 g/mol. The van der Waals surface area contributed by atoms with E-state index in [1.165, 1.54) is 4.90 Å². The summed E-state index contributed by atoms with van der Waals surface area (Å²) in [5, 5.41) is 11.4. The number of rotatable bonds is 7. The number of hydrogen-bond donors (Lipinski definition) is 2. The highest BCUT2D eigenvalue weighted by Gasteiger charge is 2.70. The molecule has 39 heavy (non-hydrogen) atoms. The molecule has 1 aromatic carbocycles. The summed E-state index contributed by atoms with van der Waals surface area (Å²) in [5.41, 5.74) is -0.943. The van der Waals surface area contributed by atoms with Crippen LogP contribution in [-0.4, -0.2) is 58.6 Å². The summed E-state index contributed by atoms with van der Waals surface area (Å²) < 4.78 is 26.9. The van der Waals surface area contributed by atoms with E-state index in [-0.39, 0.29) is 30.2 Å². The molecule has 1 aliphatic carbocycles. The molecule has 0 spiro atoms. The van der Waals surface area contributed by atoms with E-state index in [1.54, 1.807) is 45.0 Å². The fraction of sp³-hybridized carbons (Fsp3) is 0.556. The molecule has 2 fully saturated rings. The molecule has 208 valence electrons. The fourth-order valence-electron chi connectivity index (χ4n) is 5.75. The van der Waals surface area contributed by atoms with Gasteiger partial charge in [0.25, 0.3) is 5.91 Å². The lowest BCUT2D eigenvalue weighted by atomic mass is 9.85. The van der Waals surface area contributed by atoms with Gasteiger partial charge in [-0.3, -0.25) is 19.2 Å². The summed E-state index contributed by atoms with van der Waals surface area (Å²) in [6.45, 7) is 8.92. The number of nitrogens with one attached hydrogen (secondary N) is 2. The molecule has 4 rings (SSSR count). The normalized spacial score (nSPS) is 24.6. The van der Waals surface area contributed by atoms with Gasteiger partial charge in [-0.1, -0.05) is 52.8 Å². The standard InChI is InChI=1S/C27H30ClF2N5O4/c1-25(2,3)20(34-24(39)27(28,29)30)23(38)35-12-16-18(26(16,4)5)19(35)22(37)32-13(11-31)10-15-14-8-6-7-9-17(14)33-21(15)36/h6-9,13,16,18-20H,10,12H2,1-5H3,(H,32,37)(H,34,39)/t13-,16-,18-,19-,20+/m0/s1. The first-order valence-corrected chi connectivity index (χ1v) is 13.0. The van der Waals surface area contributed by atoms with E-state index < -0.39 is 52.6 Å². The van der Waals surface area contributed by atoms with Crippen LogP contribution in [0, 0.1) is 34.0 Å². The van der Waals surface area contributed by atoms with Gasteiger partial charge in [0.2, 0.25) is 11.8 Å². The number of carbonyl (C=O) groups excluding carboxylic acids is 4. The molecule has 0 bridgehead atoms. The molecule has 5 atom stereocenters. The predicted octanol–water partition coefficient (Wildman–Crippen LogP) is 1.24. The van der Waals surface area contributed by atoms with E-state index in [0.29, 0.717) is 16.1 Å². The van der Waals surface area contributed by atoms with Crippen molar-refractivity contribution in [3.8, 4) is 6.07 Å². The summed E-state index contributed by atoms with van der Waals surface area (Å²) in [6.07, 6.45) is -0.0782. The minimum atomic E-state index is -4.21. The third-order valence-electron chi connectivity index (χ3n) is 8.00. The monoisotopic (exact) mass is 561 g/mol. The van der Waals surface area contributed by atoms with Gasteiger partial charge in [-0.25, -0.2) is 4.99 Å². The molecule has 4 amide bonds. The average molecular weight is 562 g/mol. The Bertz CT molecular complexity index is 1410. The molecule has 1 aromatic rings. The number of nitrogens with zero attached hydrogens (tertiary/aromatic N) is 3. The Hall–Kier alpha value is -3.39. The summed E-state index contributed by atoms with van der Waals surface area (Å²) >= 11 is 4.88. The van der Waals surface area contributed by atoms with E-state index in [1.807, 2.05) is 19.9 Å². The summed E-state index contributed by atoms with van der Waals surface area (Å²) in [6, 6.07) is 5.44. The second-order valence-electron chi connectivity index (χ2n) is 12.0. The van der Waals surface area contributed by atoms with Gasteiger partial charge in [0.15, 0.2) is 0 Å². The minimum absolute atomic E-state index is 0.0278. The fourth-order valence-corrected chi connectivity index (χ4v) is 5.80. The molecule has 12 heteroatoms. The topological polar surface area (TPSA) is 132 Å². The van der Waals surface area contributed by atoms with Crippen molar-refractivity contribution in [2.75, 3.05) is 6.54 Å². The zero-order valence-corrected chi connectivity index (χ0v) is 23.0. The number of alkyl halides is 3. The van der Waals surface area contributed by atoms with Gasteiger partial charge in [0.1, 0.15) is 18.1 Å². The van der Waals surface area contributed by atoms with Crippen molar-refractivity contribution in [3.63, 3.8) is 0 Å². The van der Waals surface area contributed by atoms with Crippen LogP contribution in [0.25, 0.3) is 5.57 Å². The molecule has 9 nitrogen and oxygen atoms in total. The van der Waals surface area contributed by atoms with Crippen LogP contribution in [0.4, 0.5) is 8.78 Å². The predicted molar refractivity (Wildman–Crippen MR) is 136 cm³/mol. The van der Waals surface area contributed by atoms with Crippen LogP contribution in [0.5, 0.6) is 0 Å². The number of para-hydroxylation sites is 1. The van der Waals surface area contributed by atoms with E-state index in [9.17, 15) is 33.2 Å². The van der Waals surface area contributed by atoms with Crippen LogP contribution >= 0.6 is 11.6 Å². The van der Waals surface area contributed by atoms with Crippen LogP contribution < -0.4 is 21.2 Å². The van der Waals surface area contributed by atoms with Crippen molar-refractivity contribution in [3.05, 3.63) is 34.8 Å². The van der Waals surface area contributed by atoms with Crippen LogP contribution in [0.2, 0.25) is 0 Å². The molecule has 2 aliphatic heterocycles. The van der Waals surface area contributed by atoms with Crippen molar-refractivity contribution < 1.29 is 28.0 Å². The second kappa shape index (κ2) is 9.66. The van der Waals surface area contributed by atoms with E-state index in [0.717, 1.165) is 0 Å². The first-order chi connectivity index (χ1) is 18.0. The first kappa shape index (κ1) is 28.6. The zero-order valence-electron chi connectivity index (χ0n) is 22.2. The van der Waals surface area contributed by atoms with E-state index >= 15 is 0 Å². The van der Waals surface area contributed by atoms with Gasteiger partial charge in [-0.15, -0.1) is 0 Å². The van der Waals surface area contributed by atoms with Gasteiger partial charge in [0, 0.05) is 23.8 Å². The Labute approximate surface area is 229 Å². The molecular formula is C27H30ClF2N5O4. The van der Waals surface area contributed by atoms with Gasteiger partial charge in [-0.05, 0) is 40.3 Å². The van der Waals surface area contributed by atoms with Crippen molar-refractivity contribution in [2.45, 2.75) is 64.5 Å². The highest BCUT2D eigenvalue weighted by molar-refractivity contribution is 6.32. The van der Waals surface area contributed by atoms with Crippen molar-refractivity contribution in [2.24, 2.45) is 27.7 Å². The second-order valence-corrected chi connectivity index (χ2v) is 12.4. The molecule has 2 N–H and O–H groups in total. The number of likely N-dealkylation sites (tertiary alicyclic amines) is 1. The molecule has 0 aromatic heterocycles. The lowest BCUT2D eigenvalue weighted by Gasteiger charge is -2.38. The lowest BCUT2D eigenvalue weighted by Crippen LogP contribution is -2.61. The van der Waals surface area contributed by atoms with Crippen molar-refractivity contribution in [1.29, 1.82) is 5.26 Å². The Kier molecular flexibility index (Phi) is 7.09. The summed E-state index contributed by atoms with van der Waals surface area (Å²) in [7, 11) is 0. The van der Waals surface area contributed by atoms with Crippen LogP contribution in [0.3, 0.4) is 0 Å². The molecule has 1 saturated heterocycles. The molecule has 2 heterocycles. The Morgan fingerprint density at radius 3 is 2.46 bits per heavy atom. The number of amides is 4. The summed E-state index contributed by atoms with van der Waals surface area (Å²) in [5.74, 6) is -3.83. The Morgan fingerprint density at radius 2 is 1.87 bits per heavy atom. The molecule has 0 unspecified atom stereocenters. The first-order valence-electron chi connectivity index (χ1n) is 12.6. The number of nitriles is 1. The third kappa shape index (κ3) is 5.26. The lowest BCUT2D eigenvalue weighted by molar-refractivity contribution is -0.148. The molecule has 1 saturated carbocycles. The van der Waals surface area contributed by atoms with Gasteiger partial charge in [0.05, 0.1) is 11.4 Å². The minimum Gasteiger partial charge on any atom is -0.338 e. The molecule has 3 aliphatic rings. The van der Waals surface area contributed by atoms with Crippen LogP contribution in [-0.2, 0) is 19.2 Å². The van der Waals surface area contributed by atoms with Gasteiger partial charge in [-0.2, -0.15) is 14.0 Å². The smallest absolute Gasteiger partial charge is 0.338 e. The Morgan fingerprint density at radius 1 is 1.23 bits per heavy atom. The quantitative estimate of drug-likeness (QED) is 0.484. The number of fused-ring (bicyclic) bond motifs is 2. The average Bonchev–Trinajstić information content (AvgIpc) is 3.15. The maximum Gasteiger partial charge on any atom is 0.399 e. The number of hydrogen-bond acceptors (Lipinski definition) is 5. The summed E-state index contributed by atoms with van der Waals surface area (Å²) in [4.78, 5) is 57.0. The zero-order chi connectivity index (χ0) is 29.1. The Balaban J connectivity index is 1.58. The highest BCUT2D eigenvalue weighted by atomic mass is 35.5. The van der Waals surface area contributed by atoms with Crippen LogP contribution in [0.1, 0.15) is 41.0 Å². The maximum absolute atomic E-state index is 13.7. The number of carbonyl (C=O) groups is 4. The number of piperidine rings is 1. The maximum atomic E-state index is 13.7. The van der Waals surface area contributed by atoms with Crippen molar-refractivity contribution >= 4 is 40.8 Å². The van der Waals surface area contributed by atoms with E-state index in [2.05, 4.69) is 15.6 Å². The number of halogens is 3. The number of benzene rings is 1. The third-order valence-corrected chi connectivity index (χ3v) is 8.17. The van der Waals surface area contributed by atoms with Gasteiger partial charge >= 0.3 is 11.3 Å². The highest BCUT2D eigenvalue weighted by Crippen LogP contribution is 2.65. The largest absolute Gasteiger partial charge is 0.399 e. The SMILES string of the molecule is CC(C)(C)[C@H](NC(=O)C(F)(F)Cl)C(=O)N1C[C@H]2[C@@H]([C@H]1C(=O)N[C@H](C#N)CC1=c3ccccc3=NC1=O)C2(C)C. The van der Waals surface area contributed by atoms with Crippen molar-refractivity contribution in [1.82, 2.24) is 15.5 Å².